The van der Waals surface area contributed by atoms with Gasteiger partial charge in [-0.2, -0.15) is 0 Å². The average molecular weight is 1930 g/mol. The number of benzene rings is 6. The second kappa shape index (κ2) is 48.4. The summed E-state index contributed by atoms with van der Waals surface area (Å²) in [6.07, 6.45) is -38.1. The summed E-state index contributed by atoms with van der Waals surface area (Å²) in [7, 11) is -2.00. The molecule has 6 aromatic carbocycles. The van der Waals surface area contributed by atoms with Crippen molar-refractivity contribution in [2.75, 3.05) is 33.5 Å². The summed E-state index contributed by atoms with van der Waals surface area (Å²) in [4.78, 5) is 9.88. The van der Waals surface area contributed by atoms with E-state index in [1.807, 2.05) is 210 Å². The minimum Gasteiger partial charge on any atom is -0.405 e. The Hall–Kier alpha value is -7.65. The van der Waals surface area contributed by atoms with Crippen LogP contribution in [0.25, 0.3) is 31.3 Å². The lowest BCUT2D eigenvalue weighted by Gasteiger charge is -2.52. The van der Waals surface area contributed by atoms with Crippen LogP contribution in [0.5, 0.6) is 0 Å². The number of azide groups is 3. The number of aliphatic hydroxyl groups excluding tert-OH is 7. The third kappa shape index (κ3) is 24.0. The van der Waals surface area contributed by atoms with Crippen molar-refractivity contribution in [3.8, 4) is 0 Å². The molecule has 8 heterocycles. The van der Waals surface area contributed by atoms with Gasteiger partial charge in [0.25, 0.3) is 8.32 Å². The van der Waals surface area contributed by atoms with Gasteiger partial charge < -0.3 is 135 Å². The van der Waals surface area contributed by atoms with E-state index in [0.29, 0.717) is 5.56 Å². The van der Waals surface area contributed by atoms with Gasteiger partial charge in [-0.3, -0.25) is 0 Å². The SMILES string of the molecule is CO[C@H]1OC(CO)[C@@H](O[C@@H]2OC(C)[C@@H](O[C@H]3OC(CO)[C@H](O[C@@H]4OC(C)[C@@H](O[C@H]5OC(CO[Si](c6ccccc6)(c6ccccc6)C(C)(C)C)[C@@H](O[C@@H]6OC(C)[C@@H](O[C@@H]7OC(CO)[C@H](O[C@@H]8OC(C)[C@@H](C)[C@@H](OCc9ccccc9)C8O)[C@H](C)C7N=[N+]=[N-])[C@@H](OCc7ccccc7)C6O)[C@H](C)C5N=[N+]=[N-])[C@@H](OCc5ccccc5)C4O)[C@H](C)C3N=[N+]=[N-])[C@@H](OCc3ccccc3)C2O)[C@H](C)C1C. The van der Waals surface area contributed by atoms with Crippen LogP contribution in [0.4, 0.5) is 0 Å². The molecule has 7 N–H and O–H groups in total. The molecule has 16 unspecified atom stereocenters. The third-order valence-electron chi connectivity index (χ3n) is 28.3. The molecule has 37 nitrogen and oxygen atoms in total. The molecular formula is C99H135N9O28Si. The van der Waals surface area contributed by atoms with E-state index < -0.39 is 260 Å². The van der Waals surface area contributed by atoms with Gasteiger partial charge in [-0.05, 0) is 106 Å². The van der Waals surface area contributed by atoms with E-state index in [2.05, 4.69) is 50.8 Å². The molecule has 0 bridgehead atoms. The first-order chi connectivity index (χ1) is 66.1. The number of ether oxygens (including phenoxy) is 20. The van der Waals surface area contributed by atoms with Crippen LogP contribution in [0.1, 0.15) is 112 Å². The number of aliphatic hydroxyl groups is 7. The lowest BCUT2D eigenvalue weighted by molar-refractivity contribution is -0.381. The number of hydrogen-bond acceptors (Lipinski definition) is 31. The van der Waals surface area contributed by atoms with Crippen molar-refractivity contribution in [3.63, 3.8) is 0 Å². The van der Waals surface area contributed by atoms with Crippen LogP contribution in [-0.4, -0.2) is 286 Å². The van der Waals surface area contributed by atoms with Crippen LogP contribution in [-0.2, 0) is 126 Å². The van der Waals surface area contributed by atoms with Gasteiger partial charge in [0.2, 0.25) is 0 Å². The van der Waals surface area contributed by atoms with E-state index in [-0.39, 0.29) is 50.8 Å². The summed E-state index contributed by atoms with van der Waals surface area (Å²) in [6, 6.07) is 53.4. The molecule has 137 heavy (non-hydrogen) atoms. The van der Waals surface area contributed by atoms with Gasteiger partial charge in [-0.25, -0.2) is 0 Å². The van der Waals surface area contributed by atoms with Gasteiger partial charge in [0.15, 0.2) is 50.3 Å². The molecular weight excluding hydrogens is 1790 g/mol. The summed E-state index contributed by atoms with van der Waals surface area (Å²) in [6.45, 7) is 22.3. The molecule has 0 spiro atoms. The average Bonchev–Trinajstić information content (AvgIpc) is 0.735. The molecule has 6 aromatic rings. The molecule has 38 heteroatoms. The zero-order valence-corrected chi connectivity index (χ0v) is 80.8. The van der Waals surface area contributed by atoms with Crippen LogP contribution >= 0.6 is 0 Å². The van der Waals surface area contributed by atoms with Gasteiger partial charge in [-0.1, -0.05) is 260 Å². The predicted molar refractivity (Wildman–Crippen MR) is 496 cm³/mol. The monoisotopic (exact) mass is 1930 g/mol. The largest absolute Gasteiger partial charge is 0.405 e. The van der Waals surface area contributed by atoms with E-state index in [9.17, 15) is 52.3 Å². The summed E-state index contributed by atoms with van der Waals surface area (Å²) in [5.41, 5.74) is 34.7. The Labute approximate surface area is 800 Å². The van der Waals surface area contributed by atoms with Crippen molar-refractivity contribution in [3.05, 3.63) is 236 Å². The molecule has 8 aliphatic heterocycles. The second-order valence-corrected chi connectivity index (χ2v) is 42.5. The predicted octanol–water partition coefficient (Wildman–Crippen LogP) is 10.4. The fourth-order valence-electron chi connectivity index (χ4n) is 20.4. The molecule has 8 saturated heterocycles. The highest BCUT2D eigenvalue weighted by Crippen LogP contribution is 2.46. The Morgan fingerprint density at radius 1 is 0.307 bits per heavy atom. The zero-order chi connectivity index (χ0) is 97.5. The van der Waals surface area contributed by atoms with Gasteiger partial charge in [0, 0.05) is 33.7 Å². The van der Waals surface area contributed by atoms with E-state index in [4.69, 9.17) is 99.2 Å². The lowest BCUT2D eigenvalue weighted by Crippen LogP contribution is -2.68. The van der Waals surface area contributed by atoms with Crippen LogP contribution in [0.15, 0.2) is 197 Å². The van der Waals surface area contributed by atoms with Gasteiger partial charge in [-0.15, -0.1) is 0 Å². The highest BCUT2D eigenvalue weighted by atomic mass is 28.4. The molecule has 0 saturated carbocycles. The Morgan fingerprint density at radius 2 is 0.569 bits per heavy atom. The summed E-state index contributed by atoms with van der Waals surface area (Å²) in [5.74, 6) is -3.38. The Bertz CT molecular complexity index is 4790. The smallest absolute Gasteiger partial charge is 0.261 e. The first kappa shape index (κ1) is 105. The van der Waals surface area contributed by atoms with Crippen molar-refractivity contribution < 1.29 is 135 Å². The van der Waals surface area contributed by atoms with E-state index >= 15 is 0 Å². The number of methoxy groups -OCH3 is 1. The minimum absolute atomic E-state index is 0.000748. The van der Waals surface area contributed by atoms with Crippen LogP contribution in [0, 0.1) is 35.5 Å². The summed E-state index contributed by atoms with van der Waals surface area (Å²) < 4.78 is 142. The topological polar surface area (TPSA) is 482 Å². The maximum absolute atomic E-state index is 13.3. The quantitative estimate of drug-likeness (QED) is 0.00819. The lowest BCUT2D eigenvalue weighted by atomic mass is 9.84. The molecule has 0 amide bonds. The molecule has 40 atom stereocenters. The molecule has 748 valence electrons. The Morgan fingerprint density at radius 3 is 0.869 bits per heavy atom. The van der Waals surface area contributed by atoms with Crippen molar-refractivity contribution in [2.45, 2.75) is 330 Å². The maximum Gasteiger partial charge on any atom is 0.261 e. The maximum atomic E-state index is 13.3. The second-order valence-electron chi connectivity index (χ2n) is 38.2. The third-order valence-corrected chi connectivity index (χ3v) is 33.4. The van der Waals surface area contributed by atoms with Crippen molar-refractivity contribution in [2.24, 2.45) is 50.9 Å². The van der Waals surface area contributed by atoms with Crippen molar-refractivity contribution in [1.29, 1.82) is 0 Å². The van der Waals surface area contributed by atoms with Gasteiger partial charge in [0.05, 0.1) is 126 Å². The molecule has 8 fully saturated rings. The van der Waals surface area contributed by atoms with Gasteiger partial charge >= 0.3 is 0 Å². The fourth-order valence-corrected chi connectivity index (χ4v) is 24.9. The van der Waals surface area contributed by atoms with E-state index in [1.54, 1.807) is 41.5 Å². The first-order valence-electron chi connectivity index (χ1n) is 47.5. The van der Waals surface area contributed by atoms with Crippen LogP contribution in [0.2, 0.25) is 5.04 Å². The summed E-state index contributed by atoms with van der Waals surface area (Å²) >= 11 is 0. The standard InChI is InChI=1S/C99H135N9O28Si/c1-53-54(2)91(116-14)126-69(45-109)80(53)130-96-77(113)88(118-49-64-35-23-16-24-36-64)85(60(8)123-96)134-93-74(104-107-101)57(5)82(71(47-111)128-93)132-97-78(114)89(119-50-65-37-25-17-26-38-65)87(62(10)124-97)136-94-75(105-108-102)58(6)83(72(129-94)52-121-137(99(11,12)13,67-41-29-19-30-42-67)68-43-31-20-32-44-68)133-98-79(115)90(120-51-66-39-27-18-28-40-66)86(61(9)125-98)135-92-73(103-106-100)56(4)81(70(46-110)127-92)131-95-76(112)84(55(3)59(7)122-95)117-48-63-33-21-15-22-34-63/h15-44,53-62,69-98,109-115H,45-52H2,1-14H3/t53-,54?,55-,56-,57-,58-,59?,60?,61?,62?,69?,70?,71?,72?,73?,74?,75?,76?,77?,78?,79?,80+,81-,82-,83+,84-,85-,86-,87-,88+,89+,90+,91+,92+,93-,94-,95+,96+,97+,98+/m1/s1. The summed E-state index contributed by atoms with van der Waals surface area (Å²) in [5, 5.41) is 98.4. The van der Waals surface area contributed by atoms with E-state index in [0.717, 1.165) is 27.1 Å². The Kier molecular flexibility index (Phi) is 37.2. The highest BCUT2D eigenvalue weighted by Gasteiger charge is 2.61. The molecule has 0 aromatic heterocycles. The molecule has 8 aliphatic rings. The molecule has 0 aliphatic carbocycles. The normalized spacial score (nSPS) is 38.8. The number of hydrogen-bond donors (Lipinski definition) is 7. The molecule has 0 radical (unpaired) electrons. The fraction of sp³-hybridized carbons (Fsp3) is 0.636. The Balaban J connectivity index is 0.742. The van der Waals surface area contributed by atoms with Gasteiger partial charge in [0.1, 0.15) is 85.5 Å². The number of rotatable bonds is 38. The van der Waals surface area contributed by atoms with E-state index in [1.165, 1.54) is 7.11 Å². The first-order valence-corrected chi connectivity index (χ1v) is 49.4. The van der Waals surface area contributed by atoms with Crippen LogP contribution in [0.3, 0.4) is 0 Å². The molecule has 14 rings (SSSR count). The van der Waals surface area contributed by atoms with Crippen molar-refractivity contribution >= 4 is 18.7 Å². The highest BCUT2D eigenvalue weighted by molar-refractivity contribution is 6.99. The number of nitrogens with zero attached hydrogens (tertiary/aromatic N) is 9. The minimum atomic E-state index is -3.53. The van der Waals surface area contributed by atoms with Crippen LogP contribution < -0.4 is 10.4 Å². The zero-order valence-electron chi connectivity index (χ0n) is 79.8. The van der Waals surface area contributed by atoms with Crippen molar-refractivity contribution in [1.82, 2.24) is 0 Å².